The fraction of sp³-hybridized carbons (Fsp3) is 0.345. The molecule has 1 saturated carbocycles. The van der Waals surface area contributed by atoms with Crippen molar-refractivity contribution >= 4 is 35.2 Å². The summed E-state index contributed by atoms with van der Waals surface area (Å²) in [5, 5.41) is 3.65. The first-order valence-corrected chi connectivity index (χ1v) is 12.5. The summed E-state index contributed by atoms with van der Waals surface area (Å²) in [7, 11) is 0. The quantitative estimate of drug-likeness (QED) is 0.483. The molecule has 1 fully saturated rings. The number of aliphatic imine (C=N–C) groups is 2. The Balaban J connectivity index is 1.46. The van der Waals surface area contributed by atoms with E-state index in [4.69, 9.17) is 21.3 Å². The molecule has 1 aliphatic carbocycles. The molecule has 1 amide bonds. The van der Waals surface area contributed by atoms with Crippen LogP contribution in [0.4, 0.5) is 4.79 Å². The number of carbonyl (C=O) groups is 1. The van der Waals surface area contributed by atoms with Crippen LogP contribution in [0.1, 0.15) is 63.1 Å². The summed E-state index contributed by atoms with van der Waals surface area (Å²) in [6.45, 7) is 5.64. The topological polar surface area (TPSA) is 63.0 Å². The van der Waals surface area contributed by atoms with Gasteiger partial charge in [0.05, 0.1) is 17.3 Å². The minimum atomic E-state index is -0.530. The smallest absolute Gasteiger partial charge is 0.408 e. The van der Waals surface area contributed by atoms with Crippen molar-refractivity contribution in [3.63, 3.8) is 0 Å². The van der Waals surface area contributed by atoms with E-state index in [0.717, 1.165) is 59.2 Å². The van der Waals surface area contributed by atoms with E-state index in [2.05, 4.69) is 52.8 Å². The van der Waals surface area contributed by atoms with Crippen LogP contribution < -0.4 is 5.32 Å². The lowest BCUT2D eigenvalue weighted by Crippen LogP contribution is -2.52. The van der Waals surface area contributed by atoms with Crippen molar-refractivity contribution in [2.24, 2.45) is 9.98 Å². The van der Waals surface area contributed by atoms with Crippen molar-refractivity contribution in [1.29, 1.82) is 0 Å². The normalized spacial score (nSPS) is 20.9. The Labute approximate surface area is 211 Å². The molecular weight excluding hydrogens is 458 g/mol. The van der Waals surface area contributed by atoms with Gasteiger partial charge in [-0.05, 0) is 57.2 Å². The second kappa shape index (κ2) is 9.12. The molecule has 2 aromatic carbocycles. The fourth-order valence-electron chi connectivity index (χ4n) is 4.83. The third-order valence-electron chi connectivity index (χ3n) is 6.71. The zero-order chi connectivity index (χ0) is 24.6. The number of carbonyl (C=O) groups excluding carboxylic acids is 1. The Kier molecular flexibility index (Phi) is 6.14. The summed E-state index contributed by atoms with van der Waals surface area (Å²) >= 11 is 6.43. The van der Waals surface area contributed by atoms with E-state index in [9.17, 15) is 4.79 Å². The second-order valence-electron chi connectivity index (χ2n) is 10.4. The Bertz CT molecular complexity index is 1250. The minimum Gasteiger partial charge on any atom is -0.444 e. The van der Waals surface area contributed by atoms with Crippen molar-refractivity contribution in [1.82, 2.24) is 5.32 Å². The first-order valence-electron chi connectivity index (χ1n) is 12.1. The zero-order valence-corrected chi connectivity index (χ0v) is 21.1. The first-order chi connectivity index (χ1) is 16.7. The number of nitrogens with one attached hydrogen (secondary N) is 1. The average molecular weight is 488 g/mol. The third-order valence-corrected chi connectivity index (χ3v) is 7.03. The van der Waals surface area contributed by atoms with Crippen LogP contribution in [0.3, 0.4) is 0 Å². The Morgan fingerprint density at radius 2 is 1.77 bits per heavy atom. The number of alkyl carbamates (subject to hydrolysis) is 1. The zero-order valence-electron chi connectivity index (χ0n) is 20.3. The van der Waals surface area contributed by atoms with E-state index in [-0.39, 0.29) is 17.7 Å². The number of rotatable bonds is 4. The molecule has 1 atom stereocenters. The number of benzene rings is 2. The van der Waals surface area contributed by atoms with E-state index in [0.29, 0.717) is 5.16 Å². The van der Waals surface area contributed by atoms with Crippen molar-refractivity contribution in [2.75, 3.05) is 0 Å². The summed E-state index contributed by atoms with van der Waals surface area (Å²) in [5.41, 5.74) is 5.24. The van der Waals surface area contributed by atoms with Crippen LogP contribution >= 0.6 is 11.6 Å². The molecule has 1 unspecified atom stereocenters. The number of nitrogens with zero attached hydrogens (tertiary/aromatic N) is 2. The molecule has 0 aromatic heterocycles. The molecule has 0 spiro atoms. The molecule has 3 aliphatic rings. The highest BCUT2D eigenvalue weighted by atomic mass is 35.5. The number of amides is 1. The maximum Gasteiger partial charge on any atom is 0.408 e. The second-order valence-corrected chi connectivity index (χ2v) is 10.7. The van der Waals surface area contributed by atoms with Gasteiger partial charge in [-0.2, -0.15) is 0 Å². The van der Waals surface area contributed by atoms with Gasteiger partial charge in [0.1, 0.15) is 10.8 Å². The van der Waals surface area contributed by atoms with Gasteiger partial charge < -0.3 is 10.1 Å². The first kappa shape index (κ1) is 23.6. The maximum absolute atomic E-state index is 12.5. The lowest BCUT2D eigenvalue weighted by molar-refractivity contribution is 0.0377. The van der Waals surface area contributed by atoms with Crippen LogP contribution in [-0.4, -0.2) is 29.7 Å². The van der Waals surface area contributed by atoms with Crippen LogP contribution in [0.5, 0.6) is 0 Å². The molecular formula is C29H30ClN3O2. The van der Waals surface area contributed by atoms with Crippen molar-refractivity contribution in [3.05, 3.63) is 88.1 Å². The number of halogens is 1. The molecule has 35 heavy (non-hydrogen) atoms. The molecule has 180 valence electrons. The predicted octanol–water partition coefficient (Wildman–Crippen LogP) is 6.77. The maximum atomic E-state index is 12.5. The molecule has 2 heterocycles. The summed E-state index contributed by atoms with van der Waals surface area (Å²) in [6, 6.07) is 18.6. The number of dihydropyridines is 1. The molecule has 1 N–H and O–H groups in total. The molecule has 5 rings (SSSR count). The fourth-order valence-corrected chi connectivity index (χ4v) is 5.08. The molecule has 6 heteroatoms. The van der Waals surface area contributed by atoms with Crippen LogP contribution in [0, 0.1) is 0 Å². The Morgan fingerprint density at radius 1 is 1.06 bits per heavy atom. The monoisotopic (exact) mass is 487 g/mol. The van der Waals surface area contributed by atoms with Crippen LogP contribution in [0.25, 0.3) is 5.57 Å². The molecule has 0 bridgehead atoms. The standard InChI is InChI=1S/C29H30ClN3O2/c1-28(2,3)35-27(34)33-29(15-7-16-29)21-12-10-20(11-13-21)25-22(19-8-5-4-6-9-19)18-23-24(32-25)14-17-31-26(23)30/h4-6,8-13,17-18,24H,7,14-16H2,1-3H3,(H,33,34). The van der Waals surface area contributed by atoms with Crippen molar-refractivity contribution in [2.45, 2.75) is 63.6 Å². The highest BCUT2D eigenvalue weighted by molar-refractivity contribution is 6.34. The third kappa shape index (κ3) is 4.83. The van der Waals surface area contributed by atoms with E-state index in [1.54, 1.807) is 0 Å². The summed E-state index contributed by atoms with van der Waals surface area (Å²) < 4.78 is 5.53. The van der Waals surface area contributed by atoms with E-state index in [1.165, 1.54) is 0 Å². The number of hydrogen-bond donors (Lipinski definition) is 1. The highest BCUT2D eigenvalue weighted by Crippen LogP contribution is 2.42. The van der Waals surface area contributed by atoms with Crippen molar-refractivity contribution < 1.29 is 9.53 Å². The van der Waals surface area contributed by atoms with Gasteiger partial charge >= 0.3 is 6.09 Å². The Morgan fingerprint density at radius 3 is 2.40 bits per heavy atom. The number of ether oxygens (including phenoxy) is 1. The SMILES string of the molecule is CC(C)(C)OC(=O)NC1(c2ccc(C3=NC4CC=NC(Cl)=C4C=C3c3ccccc3)cc2)CCC1. The van der Waals surface area contributed by atoms with E-state index in [1.807, 2.05) is 45.2 Å². The molecule has 0 radical (unpaired) electrons. The number of fused-ring (bicyclic) bond motifs is 1. The van der Waals surface area contributed by atoms with Gasteiger partial charge in [0.2, 0.25) is 0 Å². The van der Waals surface area contributed by atoms with Gasteiger partial charge in [-0.15, -0.1) is 0 Å². The largest absolute Gasteiger partial charge is 0.444 e. The summed E-state index contributed by atoms with van der Waals surface area (Å²) in [4.78, 5) is 22.0. The van der Waals surface area contributed by atoms with Gasteiger partial charge in [0, 0.05) is 29.3 Å². The van der Waals surface area contributed by atoms with Gasteiger partial charge in [-0.25, -0.2) is 9.79 Å². The molecule has 2 aliphatic heterocycles. The Hall–Kier alpha value is -3.18. The average Bonchev–Trinajstić information content (AvgIpc) is 2.81. The molecule has 0 saturated heterocycles. The lowest BCUT2D eigenvalue weighted by atomic mass is 9.71. The van der Waals surface area contributed by atoms with Gasteiger partial charge in [-0.1, -0.05) is 66.2 Å². The van der Waals surface area contributed by atoms with E-state index < -0.39 is 5.60 Å². The van der Waals surface area contributed by atoms with E-state index >= 15 is 0 Å². The molecule has 5 nitrogen and oxygen atoms in total. The van der Waals surface area contributed by atoms with Gasteiger partial charge in [0.25, 0.3) is 0 Å². The van der Waals surface area contributed by atoms with Gasteiger partial charge in [0.15, 0.2) is 0 Å². The summed E-state index contributed by atoms with van der Waals surface area (Å²) in [6.07, 6.45) is 7.20. The molecule has 2 aromatic rings. The minimum absolute atomic E-state index is 0.0334. The highest BCUT2D eigenvalue weighted by Gasteiger charge is 2.41. The lowest BCUT2D eigenvalue weighted by Gasteiger charge is -2.43. The number of hydrogen-bond acceptors (Lipinski definition) is 4. The van der Waals surface area contributed by atoms with Gasteiger partial charge in [-0.3, -0.25) is 4.99 Å². The van der Waals surface area contributed by atoms with Crippen LogP contribution in [-0.2, 0) is 10.3 Å². The summed E-state index contributed by atoms with van der Waals surface area (Å²) in [5.74, 6) is 0. The van der Waals surface area contributed by atoms with Crippen LogP contribution in [0.15, 0.2) is 81.4 Å². The van der Waals surface area contributed by atoms with Crippen molar-refractivity contribution in [3.8, 4) is 0 Å². The number of allylic oxidation sites excluding steroid dienone is 1. The van der Waals surface area contributed by atoms with Crippen LogP contribution in [0.2, 0.25) is 0 Å². The predicted molar refractivity (Wildman–Crippen MR) is 142 cm³/mol.